The van der Waals surface area contributed by atoms with E-state index in [-0.39, 0.29) is 11.5 Å². The molecule has 0 amide bonds. The maximum absolute atomic E-state index is 11.1. The van der Waals surface area contributed by atoms with E-state index in [4.69, 9.17) is 9.84 Å². The van der Waals surface area contributed by atoms with Crippen molar-refractivity contribution < 1.29 is 14.6 Å². The van der Waals surface area contributed by atoms with Crippen molar-refractivity contribution in [3.8, 4) is 0 Å². The quantitative estimate of drug-likeness (QED) is 0.887. The minimum Gasteiger partial charge on any atom is -0.481 e. The molecule has 1 aromatic rings. The van der Waals surface area contributed by atoms with Crippen molar-refractivity contribution in [3.05, 3.63) is 35.4 Å². The number of aliphatic carboxylic acids is 1. The van der Waals surface area contributed by atoms with E-state index in [1.807, 2.05) is 6.92 Å². The summed E-state index contributed by atoms with van der Waals surface area (Å²) in [6, 6.07) is 8.43. The molecule has 0 bridgehead atoms. The summed E-state index contributed by atoms with van der Waals surface area (Å²) in [5.41, 5.74) is 2.49. The molecule has 0 saturated heterocycles. The predicted molar refractivity (Wildman–Crippen MR) is 71.7 cm³/mol. The molecule has 1 heterocycles. The third kappa shape index (κ3) is 2.06. The van der Waals surface area contributed by atoms with Crippen molar-refractivity contribution in [2.75, 3.05) is 0 Å². The van der Waals surface area contributed by atoms with E-state index in [1.54, 1.807) is 0 Å². The first-order valence-corrected chi connectivity index (χ1v) is 7.07. The summed E-state index contributed by atoms with van der Waals surface area (Å²) >= 11 is 0. The summed E-state index contributed by atoms with van der Waals surface area (Å²) < 4.78 is 6.09. The average Bonchev–Trinajstić information content (AvgIpc) is 2.78. The van der Waals surface area contributed by atoms with Gasteiger partial charge in [-0.05, 0) is 42.7 Å². The van der Waals surface area contributed by atoms with Crippen LogP contribution in [0.25, 0.3) is 0 Å². The number of hydrogen-bond acceptors (Lipinski definition) is 2. The molecule has 3 heteroatoms. The van der Waals surface area contributed by atoms with Gasteiger partial charge in [-0.2, -0.15) is 0 Å². The van der Waals surface area contributed by atoms with Crippen LogP contribution in [0.3, 0.4) is 0 Å². The number of rotatable bonds is 2. The summed E-state index contributed by atoms with van der Waals surface area (Å²) in [7, 11) is 0. The maximum Gasteiger partial charge on any atom is 0.306 e. The summed E-state index contributed by atoms with van der Waals surface area (Å²) in [5.74, 6) is -0.623. The molecule has 19 heavy (non-hydrogen) atoms. The van der Waals surface area contributed by atoms with Crippen LogP contribution in [-0.2, 0) is 21.7 Å². The number of carboxylic acids is 1. The summed E-state index contributed by atoms with van der Waals surface area (Å²) in [6.07, 6.45) is 3.79. The van der Waals surface area contributed by atoms with Gasteiger partial charge in [0.05, 0.1) is 18.1 Å². The molecule has 3 rings (SSSR count). The SMILES string of the molecule is CC(C(=O)O)[C@H]1CC[C@@]2(CC1)OCc1ccccc12. The summed E-state index contributed by atoms with van der Waals surface area (Å²) in [4.78, 5) is 11.1. The first-order chi connectivity index (χ1) is 9.12. The molecular weight excluding hydrogens is 240 g/mol. The van der Waals surface area contributed by atoms with E-state index in [9.17, 15) is 4.79 Å². The monoisotopic (exact) mass is 260 g/mol. The van der Waals surface area contributed by atoms with Gasteiger partial charge in [0.1, 0.15) is 0 Å². The predicted octanol–water partition coefficient (Wildman–Crippen LogP) is 3.32. The van der Waals surface area contributed by atoms with E-state index in [0.717, 1.165) is 25.7 Å². The minimum absolute atomic E-state index is 0.134. The van der Waals surface area contributed by atoms with Crippen LogP contribution in [0.15, 0.2) is 24.3 Å². The molecule has 1 aliphatic carbocycles. The van der Waals surface area contributed by atoms with Crippen LogP contribution >= 0.6 is 0 Å². The Labute approximate surface area is 113 Å². The Morgan fingerprint density at radius 2 is 2.05 bits per heavy atom. The molecule has 2 aliphatic rings. The molecule has 1 atom stereocenters. The highest BCUT2D eigenvalue weighted by Crippen LogP contribution is 2.49. The van der Waals surface area contributed by atoms with Gasteiger partial charge >= 0.3 is 5.97 Å². The lowest BCUT2D eigenvalue weighted by Crippen LogP contribution is -2.34. The van der Waals surface area contributed by atoms with Crippen molar-refractivity contribution in [1.29, 1.82) is 0 Å². The van der Waals surface area contributed by atoms with Crippen LogP contribution < -0.4 is 0 Å². The van der Waals surface area contributed by atoms with Crippen molar-refractivity contribution in [2.45, 2.75) is 44.8 Å². The van der Waals surface area contributed by atoms with Gasteiger partial charge in [0.15, 0.2) is 0 Å². The van der Waals surface area contributed by atoms with E-state index in [2.05, 4.69) is 24.3 Å². The zero-order chi connectivity index (χ0) is 13.5. The fourth-order valence-corrected chi connectivity index (χ4v) is 3.61. The average molecular weight is 260 g/mol. The first kappa shape index (κ1) is 12.7. The normalized spacial score (nSPS) is 31.1. The largest absolute Gasteiger partial charge is 0.481 e. The van der Waals surface area contributed by atoms with Crippen molar-refractivity contribution in [2.24, 2.45) is 11.8 Å². The molecule has 1 spiro atoms. The Hall–Kier alpha value is -1.35. The minimum atomic E-state index is -0.673. The fraction of sp³-hybridized carbons (Fsp3) is 0.562. The Morgan fingerprint density at radius 3 is 2.74 bits per heavy atom. The van der Waals surface area contributed by atoms with Crippen molar-refractivity contribution in [1.82, 2.24) is 0 Å². The molecule has 1 fully saturated rings. The lowest BCUT2D eigenvalue weighted by Gasteiger charge is -2.38. The summed E-state index contributed by atoms with van der Waals surface area (Å²) in [6.45, 7) is 2.53. The van der Waals surface area contributed by atoms with Gasteiger partial charge in [0.25, 0.3) is 0 Å². The van der Waals surface area contributed by atoms with E-state index >= 15 is 0 Å². The van der Waals surface area contributed by atoms with Crippen LogP contribution in [0.4, 0.5) is 0 Å². The highest BCUT2D eigenvalue weighted by molar-refractivity contribution is 5.69. The topological polar surface area (TPSA) is 46.5 Å². The van der Waals surface area contributed by atoms with Gasteiger partial charge in [-0.25, -0.2) is 0 Å². The Kier molecular flexibility index (Phi) is 3.09. The highest BCUT2D eigenvalue weighted by Gasteiger charge is 2.44. The molecule has 102 valence electrons. The Morgan fingerprint density at radius 1 is 1.37 bits per heavy atom. The van der Waals surface area contributed by atoms with Gasteiger partial charge in [-0.15, -0.1) is 0 Å². The molecule has 0 aromatic heterocycles. The van der Waals surface area contributed by atoms with Crippen LogP contribution in [0, 0.1) is 11.8 Å². The van der Waals surface area contributed by atoms with Crippen LogP contribution in [0.1, 0.15) is 43.7 Å². The molecule has 1 aliphatic heterocycles. The molecule has 1 unspecified atom stereocenters. The number of ether oxygens (including phenoxy) is 1. The molecule has 1 N–H and O–H groups in total. The number of hydrogen-bond donors (Lipinski definition) is 1. The van der Waals surface area contributed by atoms with Gasteiger partial charge < -0.3 is 9.84 Å². The van der Waals surface area contributed by atoms with Crippen molar-refractivity contribution >= 4 is 5.97 Å². The second-order valence-corrected chi connectivity index (χ2v) is 5.90. The zero-order valence-corrected chi connectivity index (χ0v) is 11.3. The number of carbonyl (C=O) groups is 1. The molecule has 1 saturated carbocycles. The zero-order valence-electron chi connectivity index (χ0n) is 11.3. The van der Waals surface area contributed by atoms with Crippen molar-refractivity contribution in [3.63, 3.8) is 0 Å². The standard InChI is InChI=1S/C16H20O3/c1-11(15(17)18)12-6-8-16(9-7-12)14-5-3-2-4-13(14)10-19-16/h2-5,11-12H,6-10H2,1H3,(H,17,18)/t11?,12-,16-. The molecule has 3 nitrogen and oxygen atoms in total. The van der Waals surface area contributed by atoms with E-state index in [0.29, 0.717) is 12.5 Å². The van der Waals surface area contributed by atoms with Gasteiger partial charge in [0, 0.05) is 0 Å². The van der Waals surface area contributed by atoms with Gasteiger partial charge in [-0.1, -0.05) is 31.2 Å². The molecule has 1 aromatic carbocycles. The van der Waals surface area contributed by atoms with Crippen LogP contribution in [0.2, 0.25) is 0 Å². The second kappa shape index (κ2) is 4.64. The van der Waals surface area contributed by atoms with Gasteiger partial charge in [0.2, 0.25) is 0 Å². The third-order valence-corrected chi connectivity index (χ3v) is 4.95. The lowest BCUT2D eigenvalue weighted by molar-refractivity contribution is -0.145. The van der Waals surface area contributed by atoms with Crippen LogP contribution in [0.5, 0.6) is 0 Å². The fourth-order valence-electron chi connectivity index (χ4n) is 3.61. The second-order valence-electron chi connectivity index (χ2n) is 5.90. The number of benzene rings is 1. The van der Waals surface area contributed by atoms with E-state index < -0.39 is 5.97 Å². The molecular formula is C16H20O3. The van der Waals surface area contributed by atoms with Crippen LogP contribution in [-0.4, -0.2) is 11.1 Å². The molecule has 0 radical (unpaired) electrons. The first-order valence-electron chi connectivity index (χ1n) is 7.07. The smallest absolute Gasteiger partial charge is 0.306 e. The van der Waals surface area contributed by atoms with Gasteiger partial charge in [-0.3, -0.25) is 4.79 Å². The summed E-state index contributed by atoms with van der Waals surface area (Å²) in [5, 5.41) is 9.12. The highest BCUT2D eigenvalue weighted by atomic mass is 16.5. The third-order valence-electron chi connectivity index (χ3n) is 4.95. The Balaban J connectivity index is 1.76. The lowest BCUT2D eigenvalue weighted by atomic mass is 9.71. The number of fused-ring (bicyclic) bond motifs is 2. The Bertz CT molecular complexity index is 487. The number of carboxylic acid groups (broad SMARTS) is 1. The maximum atomic E-state index is 11.1. The van der Waals surface area contributed by atoms with E-state index in [1.165, 1.54) is 11.1 Å².